The molecule has 1 heterocycles. The summed E-state index contributed by atoms with van der Waals surface area (Å²) in [6.45, 7) is 3.88. The average molecular weight is 299 g/mol. The molecule has 2 nitrogen and oxygen atoms in total. The van der Waals surface area contributed by atoms with E-state index in [0.29, 0.717) is 6.04 Å². The largest absolute Gasteiger partial charge is 0.295 e. The summed E-state index contributed by atoms with van der Waals surface area (Å²) in [5.41, 5.74) is 2.20. The first kappa shape index (κ1) is 14.5. The van der Waals surface area contributed by atoms with Crippen LogP contribution in [-0.4, -0.2) is 23.3 Å². The first-order chi connectivity index (χ1) is 10.2. The maximum Gasteiger partial charge on any atom is 0.166 e. The van der Waals surface area contributed by atoms with Crippen LogP contribution in [0.1, 0.15) is 35.7 Å². The van der Waals surface area contributed by atoms with Gasteiger partial charge in [-0.2, -0.15) is 11.3 Å². The molecule has 21 heavy (non-hydrogen) atoms. The minimum Gasteiger partial charge on any atom is -0.295 e. The number of thiophene rings is 1. The highest BCUT2D eigenvalue weighted by atomic mass is 32.1. The summed E-state index contributed by atoms with van der Waals surface area (Å²) in [5.74, 6) is 0.304. The second kappa shape index (κ2) is 6.54. The zero-order chi connectivity index (χ0) is 14.7. The Bertz CT molecular complexity index is 575. The number of benzene rings is 1. The Morgan fingerprint density at radius 3 is 2.67 bits per heavy atom. The molecule has 1 unspecified atom stereocenters. The third kappa shape index (κ3) is 3.80. The fourth-order valence-corrected chi connectivity index (χ4v) is 3.38. The molecule has 1 aromatic heterocycles. The van der Waals surface area contributed by atoms with Gasteiger partial charge in [0, 0.05) is 30.6 Å². The third-order valence-corrected chi connectivity index (χ3v) is 4.78. The maximum atomic E-state index is 12.5. The molecule has 0 radical (unpaired) electrons. The Balaban J connectivity index is 1.64. The van der Waals surface area contributed by atoms with Crippen molar-refractivity contribution in [2.75, 3.05) is 6.54 Å². The van der Waals surface area contributed by atoms with Crippen molar-refractivity contribution in [3.8, 4) is 0 Å². The molecule has 0 spiro atoms. The van der Waals surface area contributed by atoms with Crippen molar-refractivity contribution in [3.63, 3.8) is 0 Å². The molecule has 3 rings (SSSR count). The monoisotopic (exact) mass is 299 g/mol. The first-order valence-electron chi connectivity index (χ1n) is 7.58. The Kier molecular flexibility index (Phi) is 4.51. The molecule has 0 aliphatic heterocycles. The zero-order valence-corrected chi connectivity index (χ0v) is 13.2. The van der Waals surface area contributed by atoms with Crippen molar-refractivity contribution in [1.29, 1.82) is 0 Å². The average Bonchev–Trinajstić information content (AvgIpc) is 3.24. The van der Waals surface area contributed by atoms with Crippen LogP contribution in [0.3, 0.4) is 0 Å². The highest BCUT2D eigenvalue weighted by Gasteiger charge is 2.31. The van der Waals surface area contributed by atoms with Crippen molar-refractivity contribution in [2.45, 2.75) is 32.4 Å². The standard InChI is InChI=1S/C18H21NOS/c1-14(18(20)16-5-3-2-4-6-16)11-19(17-7-8-17)12-15-9-10-21-13-15/h2-6,9-10,13-14,17H,7-8,11-12H2,1H3. The second-order valence-electron chi connectivity index (χ2n) is 5.92. The lowest BCUT2D eigenvalue weighted by atomic mass is 9.98. The van der Waals surface area contributed by atoms with Gasteiger partial charge in [-0.05, 0) is 35.2 Å². The molecule has 1 aliphatic carbocycles. The molecule has 0 N–H and O–H groups in total. The maximum absolute atomic E-state index is 12.5. The number of carbonyl (C=O) groups excluding carboxylic acids is 1. The fourth-order valence-electron chi connectivity index (χ4n) is 2.72. The summed E-state index contributed by atoms with van der Waals surface area (Å²) in [6, 6.07) is 12.5. The summed E-state index contributed by atoms with van der Waals surface area (Å²) in [5, 5.41) is 4.33. The number of rotatable bonds is 7. The van der Waals surface area contributed by atoms with Crippen LogP contribution in [0, 0.1) is 5.92 Å². The van der Waals surface area contributed by atoms with E-state index in [4.69, 9.17) is 0 Å². The molecule has 0 amide bonds. The minimum absolute atomic E-state index is 0.0478. The Morgan fingerprint density at radius 2 is 2.05 bits per heavy atom. The summed E-state index contributed by atoms with van der Waals surface area (Å²) in [6.07, 6.45) is 2.55. The first-order valence-corrected chi connectivity index (χ1v) is 8.52. The van der Waals surface area contributed by atoms with E-state index >= 15 is 0 Å². The van der Waals surface area contributed by atoms with E-state index in [1.165, 1.54) is 18.4 Å². The summed E-state index contributed by atoms with van der Waals surface area (Å²) in [7, 11) is 0. The predicted octanol–water partition coefficient (Wildman–Crippen LogP) is 4.23. The molecule has 110 valence electrons. The number of hydrogen-bond acceptors (Lipinski definition) is 3. The number of Topliss-reactive ketones (excluding diaryl/α,β-unsaturated/α-hetero) is 1. The van der Waals surface area contributed by atoms with E-state index < -0.39 is 0 Å². The molecule has 1 saturated carbocycles. The lowest BCUT2D eigenvalue weighted by molar-refractivity contribution is 0.0886. The molecule has 1 aromatic carbocycles. The number of ketones is 1. The third-order valence-electron chi connectivity index (χ3n) is 4.04. The lowest BCUT2D eigenvalue weighted by Crippen LogP contribution is -2.33. The smallest absolute Gasteiger partial charge is 0.166 e. The number of hydrogen-bond donors (Lipinski definition) is 0. The van der Waals surface area contributed by atoms with Gasteiger partial charge in [-0.3, -0.25) is 9.69 Å². The van der Waals surface area contributed by atoms with Gasteiger partial charge in [0.2, 0.25) is 0 Å². The molecule has 3 heteroatoms. The van der Waals surface area contributed by atoms with Crippen LogP contribution in [0.4, 0.5) is 0 Å². The van der Waals surface area contributed by atoms with E-state index in [-0.39, 0.29) is 11.7 Å². The molecule has 0 bridgehead atoms. The van der Waals surface area contributed by atoms with Crippen molar-refractivity contribution in [2.24, 2.45) is 5.92 Å². The number of nitrogens with zero attached hydrogens (tertiary/aromatic N) is 1. The van der Waals surface area contributed by atoms with Crippen molar-refractivity contribution in [1.82, 2.24) is 4.90 Å². The summed E-state index contributed by atoms with van der Waals surface area (Å²) >= 11 is 1.74. The van der Waals surface area contributed by atoms with Gasteiger partial charge in [0.1, 0.15) is 0 Å². The van der Waals surface area contributed by atoms with Gasteiger partial charge >= 0.3 is 0 Å². The minimum atomic E-state index is 0.0478. The van der Waals surface area contributed by atoms with Gasteiger partial charge in [-0.15, -0.1) is 0 Å². The molecular weight excluding hydrogens is 278 g/mol. The lowest BCUT2D eigenvalue weighted by Gasteiger charge is -2.24. The molecule has 0 saturated heterocycles. The van der Waals surface area contributed by atoms with Crippen LogP contribution < -0.4 is 0 Å². The van der Waals surface area contributed by atoms with Crippen LogP contribution in [0.2, 0.25) is 0 Å². The van der Waals surface area contributed by atoms with Gasteiger partial charge in [-0.25, -0.2) is 0 Å². The number of carbonyl (C=O) groups is 1. The van der Waals surface area contributed by atoms with Gasteiger partial charge in [-0.1, -0.05) is 37.3 Å². The fraction of sp³-hybridized carbons (Fsp3) is 0.389. The summed E-state index contributed by atoms with van der Waals surface area (Å²) < 4.78 is 0. The van der Waals surface area contributed by atoms with E-state index in [0.717, 1.165) is 18.7 Å². The van der Waals surface area contributed by atoms with Crippen LogP contribution in [-0.2, 0) is 6.54 Å². The van der Waals surface area contributed by atoms with Crippen LogP contribution in [0.25, 0.3) is 0 Å². The zero-order valence-electron chi connectivity index (χ0n) is 12.4. The van der Waals surface area contributed by atoms with E-state index in [9.17, 15) is 4.79 Å². The SMILES string of the molecule is CC(CN(Cc1ccsc1)C1CC1)C(=O)c1ccccc1. The van der Waals surface area contributed by atoms with E-state index in [1.807, 2.05) is 30.3 Å². The van der Waals surface area contributed by atoms with Crippen LogP contribution in [0.5, 0.6) is 0 Å². The quantitative estimate of drug-likeness (QED) is 0.713. The van der Waals surface area contributed by atoms with Crippen molar-refractivity contribution >= 4 is 17.1 Å². The molecule has 1 aliphatic rings. The van der Waals surface area contributed by atoms with Gasteiger partial charge in [0.15, 0.2) is 5.78 Å². The van der Waals surface area contributed by atoms with Crippen LogP contribution in [0.15, 0.2) is 47.2 Å². The molecule has 1 atom stereocenters. The Hall–Kier alpha value is -1.45. The van der Waals surface area contributed by atoms with E-state index in [2.05, 4.69) is 28.7 Å². The van der Waals surface area contributed by atoms with Crippen molar-refractivity contribution < 1.29 is 4.79 Å². The topological polar surface area (TPSA) is 20.3 Å². The van der Waals surface area contributed by atoms with Gasteiger partial charge in [0.25, 0.3) is 0 Å². The Labute approximate surface area is 130 Å². The highest BCUT2D eigenvalue weighted by Crippen LogP contribution is 2.29. The normalized spacial score (nSPS) is 16.1. The van der Waals surface area contributed by atoms with Gasteiger partial charge in [0.05, 0.1) is 0 Å². The highest BCUT2D eigenvalue weighted by molar-refractivity contribution is 7.07. The van der Waals surface area contributed by atoms with Crippen LogP contribution >= 0.6 is 11.3 Å². The Morgan fingerprint density at radius 1 is 1.29 bits per heavy atom. The predicted molar refractivity (Wildman–Crippen MR) is 87.7 cm³/mol. The van der Waals surface area contributed by atoms with Gasteiger partial charge < -0.3 is 0 Å². The molecule has 1 fully saturated rings. The van der Waals surface area contributed by atoms with E-state index in [1.54, 1.807) is 11.3 Å². The van der Waals surface area contributed by atoms with Crippen molar-refractivity contribution in [3.05, 3.63) is 58.3 Å². The second-order valence-corrected chi connectivity index (χ2v) is 6.70. The molecule has 2 aromatic rings. The summed E-state index contributed by atoms with van der Waals surface area (Å²) in [4.78, 5) is 15.0. The molecular formula is C18H21NOS.